The molecule has 0 bridgehead atoms. The van der Waals surface area contributed by atoms with Crippen molar-refractivity contribution in [1.82, 2.24) is 5.32 Å². The number of carbonyl (C=O) groups is 5. The average Bonchev–Trinajstić information content (AvgIpc) is 3.35. The quantitative estimate of drug-likeness (QED) is 0.412. The van der Waals surface area contributed by atoms with Gasteiger partial charge in [0, 0.05) is 36.9 Å². The van der Waals surface area contributed by atoms with Crippen molar-refractivity contribution >= 4 is 29.4 Å². The van der Waals surface area contributed by atoms with Crippen molar-refractivity contribution in [2.45, 2.75) is 71.8 Å². The van der Waals surface area contributed by atoms with Crippen LogP contribution in [0.25, 0.3) is 0 Å². The van der Waals surface area contributed by atoms with Crippen molar-refractivity contribution in [3.63, 3.8) is 0 Å². The predicted octanol–water partition coefficient (Wildman–Crippen LogP) is 0.842. The number of hydrogen-bond donors (Lipinski definition) is 2. The average molecular weight is 504 g/mol. The second-order valence-corrected chi connectivity index (χ2v) is 11.3. The molecule has 5 rings (SSSR count). The summed E-state index contributed by atoms with van der Waals surface area (Å²) >= 11 is 0. The molecule has 5 aliphatic rings. The minimum atomic E-state index is -1.99. The second kappa shape index (κ2) is 7.95. The Morgan fingerprint density at radius 3 is 2.58 bits per heavy atom. The Kier molecular flexibility index (Phi) is 5.54. The van der Waals surface area contributed by atoms with E-state index in [1.807, 2.05) is 6.92 Å². The topological polar surface area (TPSA) is 145 Å². The number of allylic oxidation sites excluding steroid dienone is 1. The summed E-state index contributed by atoms with van der Waals surface area (Å²) in [4.78, 5) is 67.4. The number of methoxy groups -OCH3 is 1. The van der Waals surface area contributed by atoms with Gasteiger partial charge in [0.2, 0.25) is 5.91 Å². The molecule has 9 atom stereocenters. The third-order valence-corrected chi connectivity index (χ3v) is 9.78. The molecule has 2 aliphatic heterocycles. The van der Waals surface area contributed by atoms with E-state index in [-0.39, 0.29) is 30.8 Å². The SMILES string of the molecule is CCC(C)C(=O)O[C@@H]1C[C@]2(C)C(=O)CC[C@H]2C2=C1[C@@]1(C)[C@@H](COC)OC(=O)[C@@H]3[C@H](O)NC(=O)[C@@]31C2=O. The molecule has 0 aromatic heterocycles. The summed E-state index contributed by atoms with van der Waals surface area (Å²) in [5, 5.41) is 13.1. The molecule has 2 saturated heterocycles. The molecule has 2 heterocycles. The first-order valence-corrected chi connectivity index (χ1v) is 12.6. The molecular formula is C26H33NO9. The summed E-state index contributed by atoms with van der Waals surface area (Å²) in [6, 6.07) is 0. The van der Waals surface area contributed by atoms with Crippen LogP contribution < -0.4 is 5.32 Å². The molecule has 0 radical (unpaired) electrons. The normalized spacial score (nSPS) is 43.9. The van der Waals surface area contributed by atoms with Gasteiger partial charge in [-0.2, -0.15) is 0 Å². The summed E-state index contributed by atoms with van der Waals surface area (Å²) in [5.74, 6) is -5.11. The van der Waals surface area contributed by atoms with E-state index in [2.05, 4.69) is 5.32 Å². The lowest BCUT2D eigenvalue weighted by atomic mass is 9.53. The summed E-state index contributed by atoms with van der Waals surface area (Å²) in [6.07, 6.45) is -2.26. The fraction of sp³-hybridized carbons (Fsp3) is 0.731. The number of ketones is 2. The van der Waals surface area contributed by atoms with Crippen molar-refractivity contribution in [3.05, 3.63) is 11.1 Å². The van der Waals surface area contributed by atoms with Crippen LogP contribution in [0.15, 0.2) is 11.1 Å². The van der Waals surface area contributed by atoms with Gasteiger partial charge in [-0.3, -0.25) is 24.0 Å². The van der Waals surface area contributed by atoms with E-state index in [9.17, 15) is 29.1 Å². The van der Waals surface area contributed by atoms with Gasteiger partial charge in [-0.1, -0.05) is 27.7 Å². The number of carbonyl (C=O) groups excluding carboxylic acids is 5. The predicted molar refractivity (Wildman–Crippen MR) is 122 cm³/mol. The lowest BCUT2D eigenvalue weighted by molar-refractivity contribution is -0.205. The Morgan fingerprint density at radius 2 is 1.94 bits per heavy atom. The number of ether oxygens (including phenoxy) is 3. The number of esters is 2. The lowest BCUT2D eigenvalue weighted by Crippen LogP contribution is -2.65. The molecule has 36 heavy (non-hydrogen) atoms. The fourth-order valence-electron chi connectivity index (χ4n) is 7.65. The lowest BCUT2D eigenvalue weighted by Gasteiger charge is -2.52. The highest BCUT2D eigenvalue weighted by atomic mass is 16.6. The van der Waals surface area contributed by atoms with Crippen molar-refractivity contribution in [2.75, 3.05) is 13.7 Å². The highest BCUT2D eigenvalue weighted by Gasteiger charge is 2.82. The zero-order chi connectivity index (χ0) is 26.4. The maximum Gasteiger partial charge on any atom is 0.315 e. The number of rotatable bonds is 5. The van der Waals surface area contributed by atoms with Gasteiger partial charge in [0.1, 0.15) is 35.6 Å². The minimum Gasteiger partial charge on any atom is -0.459 e. The highest BCUT2D eigenvalue weighted by molar-refractivity contribution is 6.22. The van der Waals surface area contributed by atoms with Gasteiger partial charge in [-0.05, 0) is 18.4 Å². The third kappa shape index (κ3) is 2.72. The molecular weight excluding hydrogens is 470 g/mol. The van der Waals surface area contributed by atoms with Gasteiger partial charge in [-0.15, -0.1) is 0 Å². The largest absolute Gasteiger partial charge is 0.459 e. The maximum absolute atomic E-state index is 14.5. The molecule has 3 aliphatic carbocycles. The van der Waals surface area contributed by atoms with Crippen LogP contribution in [0.2, 0.25) is 0 Å². The van der Waals surface area contributed by atoms with Crippen molar-refractivity contribution in [3.8, 4) is 0 Å². The number of aliphatic hydroxyl groups excluding tert-OH is 1. The van der Waals surface area contributed by atoms with E-state index in [1.165, 1.54) is 7.11 Å². The van der Waals surface area contributed by atoms with Crippen LogP contribution in [0, 0.1) is 34.0 Å². The molecule has 3 fully saturated rings. The van der Waals surface area contributed by atoms with E-state index in [1.54, 1.807) is 20.8 Å². The van der Waals surface area contributed by atoms with Gasteiger partial charge in [0.25, 0.3) is 0 Å². The Balaban J connectivity index is 1.78. The van der Waals surface area contributed by atoms with Gasteiger partial charge >= 0.3 is 11.9 Å². The minimum absolute atomic E-state index is 0.0257. The van der Waals surface area contributed by atoms with Crippen LogP contribution in [0.3, 0.4) is 0 Å². The first-order chi connectivity index (χ1) is 16.9. The highest BCUT2D eigenvalue weighted by Crippen LogP contribution is 2.70. The monoisotopic (exact) mass is 503 g/mol. The van der Waals surface area contributed by atoms with Gasteiger partial charge in [0.15, 0.2) is 5.78 Å². The van der Waals surface area contributed by atoms with Gasteiger partial charge in [-0.25, -0.2) is 0 Å². The molecule has 10 heteroatoms. The number of cyclic esters (lactones) is 1. The molecule has 1 unspecified atom stereocenters. The number of aliphatic hydroxyl groups is 1. The Labute approximate surface area is 209 Å². The zero-order valence-corrected chi connectivity index (χ0v) is 21.2. The summed E-state index contributed by atoms with van der Waals surface area (Å²) in [7, 11) is 1.42. The molecule has 1 saturated carbocycles. The summed E-state index contributed by atoms with van der Waals surface area (Å²) < 4.78 is 17.1. The van der Waals surface area contributed by atoms with E-state index < -0.39 is 76.1 Å². The van der Waals surface area contributed by atoms with Crippen LogP contribution in [-0.4, -0.2) is 66.7 Å². The van der Waals surface area contributed by atoms with Gasteiger partial charge < -0.3 is 24.6 Å². The van der Waals surface area contributed by atoms with Crippen molar-refractivity contribution < 1.29 is 43.3 Å². The molecule has 1 spiro atoms. The standard InChI is InChI=1S/C26H33NO9/c1-6-11(2)21(31)35-13-9-24(3)12(7-8-14(24)28)16-17(13)25(4)15(10-34-5)36-22(32)18-20(30)27-23(33)26(18,25)19(16)29/h11-13,15,18,20,30H,6-10H2,1-5H3,(H,27,33)/t11?,12-,13+,15+,18-,20-,24-,25+,26-/m0/s1. The molecule has 2 N–H and O–H groups in total. The van der Waals surface area contributed by atoms with Crippen molar-refractivity contribution in [1.29, 1.82) is 0 Å². The molecule has 0 aromatic rings. The van der Waals surface area contributed by atoms with Crippen LogP contribution in [-0.2, 0) is 38.2 Å². The smallest absolute Gasteiger partial charge is 0.315 e. The van der Waals surface area contributed by atoms with Crippen LogP contribution in [0.5, 0.6) is 0 Å². The number of hydrogen-bond acceptors (Lipinski definition) is 9. The molecule has 0 aromatic carbocycles. The fourth-order valence-corrected chi connectivity index (χ4v) is 7.65. The second-order valence-electron chi connectivity index (χ2n) is 11.3. The molecule has 10 nitrogen and oxygen atoms in total. The zero-order valence-electron chi connectivity index (χ0n) is 21.2. The van der Waals surface area contributed by atoms with E-state index in [0.717, 1.165) is 0 Å². The summed E-state index contributed by atoms with van der Waals surface area (Å²) in [5.41, 5.74) is -3.71. The number of Topliss-reactive ketones (excluding diaryl/α,β-unsaturated/α-hetero) is 2. The maximum atomic E-state index is 14.5. The molecule has 1 amide bonds. The number of fused-ring (bicyclic) bond motifs is 3. The van der Waals surface area contributed by atoms with E-state index >= 15 is 0 Å². The molecule has 196 valence electrons. The Morgan fingerprint density at radius 1 is 1.25 bits per heavy atom. The first-order valence-electron chi connectivity index (χ1n) is 12.6. The van der Waals surface area contributed by atoms with Gasteiger partial charge in [0.05, 0.1) is 17.9 Å². The van der Waals surface area contributed by atoms with Crippen molar-refractivity contribution in [2.24, 2.45) is 34.0 Å². The van der Waals surface area contributed by atoms with Crippen LogP contribution >= 0.6 is 0 Å². The summed E-state index contributed by atoms with van der Waals surface area (Å²) in [6.45, 7) is 6.93. The Bertz CT molecular complexity index is 1110. The van der Waals surface area contributed by atoms with E-state index in [0.29, 0.717) is 18.4 Å². The first kappa shape index (κ1) is 25.1. The van der Waals surface area contributed by atoms with Crippen LogP contribution in [0.4, 0.5) is 0 Å². The number of amides is 1. The van der Waals surface area contributed by atoms with Crippen LogP contribution in [0.1, 0.15) is 53.4 Å². The van der Waals surface area contributed by atoms with E-state index in [4.69, 9.17) is 14.2 Å². The Hall–Kier alpha value is -2.59. The third-order valence-electron chi connectivity index (χ3n) is 9.78. The number of nitrogens with one attached hydrogen (secondary N) is 1.